The average molecular weight is 803 g/mol. The van der Waals surface area contributed by atoms with Crippen LogP contribution in [0.3, 0.4) is 0 Å². The molecule has 0 saturated carbocycles. The molecule has 0 radical (unpaired) electrons. The summed E-state index contributed by atoms with van der Waals surface area (Å²) in [7, 11) is -4.47. The van der Waals surface area contributed by atoms with Crippen molar-refractivity contribution >= 4 is 55.9 Å². The van der Waals surface area contributed by atoms with E-state index < -0.39 is 83.3 Å². The lowest BCUT2D eigenvalue weighted by atomic mass is 9.99. The smallest absolute Gasteiger partial charge is 0.267 e. The number of hydrogen-bond acceptors (Lipinski definition) is 15. The van der Waals surface area contributed by atoms with Gasteiger partial charge in [0.2, 0.25) is 0 Å². The van der Waals surface area contributed by atoms with Gasteiger partial charge in [-0.1, -0.05) is 43.3 Å². The summed E-state index contributed by atoms with van der Waals surface area (Å²) in [5.74, 6) is -1.87. The van der Waals surface area contributed by atoms with Crippen LogP contribution in [0.25, 0.3) is 22.3 Å². The molecule has 0 spiro atoms. The zero-order valence-corrected chi connectivity index (χ0v) is 30.8. The van der Waals surface area contributed by atoms with E-state index >= 15 is 4.39 Å². The highest BCUT2D eigenvalue weighted by atomic mass is 32.2. The standard InChI is InChI=1S/C36H35FN10O9S/c1-19-22(54-36(27(19)49)47-18-43-26-30(39-16-41-32(26)47)45-34(51)21-10-6-3-7-11-21)12-13-57(52,53)56-28-23(14-48)55-35(24(28)37)46-17-42-25-29(38-15-40-31(25)46)44-33(50)20-8-4-2-5-9-20/h2-11,15-19,22-24,27-28,35-36,48-49H,12-14H2,1H3,(H,38,40,44,50)(H,39,41,45,51)/t19-,22?,23-,24-,27-,28-,35?,36-/m1/s1. The molecule has 8 rings (SSSR count). The van der Waals surface area contributed by atoms with Crippen LogP contribution in [0.1, 0.15) is 46.5 Å². The normalized spacial score (nSPS) is 24.9. The Morgan fingerprint density at radius 3 is 1.82 bits per heavy atom. The van der Waals surface area contributed by atoms with Gasteiger partial charge in [-0.3, -0.25) is 22.9 Å². The molecule has 0 aliphatic carbocycles. The fraction of sp³-hybridized carbons (Fsp3) is 0.333. The molecule has 2 aliphatic rings. The van der Waals surface area contributed by atoms with Crippen LogP contribution in [0.4, 0.5) is 16.0 Å². The van der Waals surface area contributed by atoms with E-state index in [9.17, 15) is 28.2 Å². The summed E-state index contributed by atoms with van der Waals surface area (Å²) < 4.78 is 62.7. The highest BCUT2D eigenvalue weighted by Gasteiger charge is 2.50. The summed E-state index contributed by atoms with van der Waals surface area (Å²) in [4.78, 5) is 50.8. The van der Waals surface area contributed by atoms with Crippen molar-refractivity contribution in [1.82, 2.24) is 39.0 Å². The molecule has 57 heavy (non-hydrogen) atoms. The van der Waals surface area contributed by atoms with E-state index in [4.69, 9.17) is 13.7 Å². The lowest BCUT2D eigenvalue weighted by Crippen LogP contribution is -2.37. The van der Waals surface area contributed by atoms with Crippen LogP contribution in [0.2, 0.25) is 0 Å². The largest absolute Gasteiger partial charge is 0.394 e. The zero-order valence-electron chi connectivity index (χ0n) is 29.9. The van der Waals surface area contributed by atoms with Crippen molar-refractivity contribution in [3.63, 3.8) is 0 Å². The molecule has 6 aromatic rings. The average Bonchev–Trinajstić information content (AvgIpc) is 3.99. The minimum atomic E-state index is -4.47. The second-order valence-corrected chi connectivity index (χ2v) is 15.2. The summed E-state index contributed by atoms with van der Waals surface area (Å²) in [6.07, 6.45) is -4.86. The van der Waals surface area contributed by atoms with Crippen molar-refractivity contribution in [2.24, 2.45) is 5.92 Å². The number of aliphatic hydroxyl groups is 2. The molecule has 2 fully saturated rings. The Balaban J connectivity index is 0.927. The number of hydrogen-bond donors (Lipinski definition) is 4. The number of aliphatic hydroxyl groups excluding tert-OH is 2. The molecule has 8 atom stereocenters. The van der Waals surface area contributed by atoms with Crippen molar-refractivity contribution in [2.75, 3.05) is 23.0 Å². The summed E-state index contributed by atoms with van der Waals surface area (Å²) in [6.45, 7) is 0.919. The minimum Gasteiger partial charge on any atom is -0.394 e. The van der Waals surface area contributed by atoms with Gasteiger partial charge in [0.1, 0.15) is 31.0 Å². The van der Waals surface area contributed by atoms with Gasteiger partial charge in [0.15, 0.2) is 52.6 Å². The number of nitrogens with one attached hydrogen (secondary N) is 2. The van der Waals surface area contributed by atoms with E-state index in [0.717, 1.165) is 6.33 Å². The molecule has 296 valence electrons. The Morgan fingerprint density at radius 2 is 1.30 bits per heavy atom. The maximum Gasteiger partial charge on any atom is 0.267 e. The number of carbonyl (C=O) groups is 2. The van der Waals surface area contributed by atoms with Gasteiger partial charge in [-0.05, 0) is 30.7 Å². The Hall–Kier alpha value is -5.84. The SMILES string of the molecule is C[C@@H]1C(CCS(=O)(=O)O[C@@H]2[C@@H](CO)OC(n3cnc4c(NC(=O)c5ccccc5)ncnc43)[C@@H]2F)O[C@@H](n2cnc3c(NC(=O)c4ccccc4)ncnc32)[C@@H]1O. The van der Waals surface area contributed by atoms with Gasteiger partial charge in [0.05, 0.1) is 31.1 Å². The van der Waals surface area contributed by atoms with E-state index in [1.54, 1.807) is 67.6 Å². The number of benzene rings is 2. The van der Waals surface area contributed by atoms with Gasteiger partial charge >= 0.3 is 0 Å². The third-order valence-electron chi connectivity index (χ3n) is 9.89. The number of alkyl halides is 1. The highest BCUT2D eigenvalue weighted by molar-refractivity contribution is 7.86. The van der Waals surface area contributed by atoms with E-state index in [1.807, 2.05) is 0 Å². The number of anilines is 2. The molecule has 2 amide bonds. The van der Waals surface area contributed by atoms with Crippen LogP contribution in [0.5, 0.6) is 0 Å². The molecule has 21 heteroatoms. The second-order valence-electron chi connectivity index (χ2n) is 13.5. The number of halogens is 1. The first-order chi connectivity index (χ1) is 27.5. The molecule has 2 saturated heterocycles. The van der Waals surface area contributed by atoms with E-state index in [2.05, 4.69) is 40.5 Å². The Bertz CT molecular complexity index is 2530. The fourth-order valence-electron chi connectivity index (χ4n) is 6.88. The molecule has 2 aliphatic heterocycles. The summed E-state index contributed by atoms with van der Waals surface area (Å²) in [5.41, 5.74) is 1.47. The Morgan fingerprint density at radius 1 is 0.789 bits per heavy atom. The van der Waals surface area contributed by atoms with E-state index in [0.29, 0.717) is 11.1 Å². The van der Waals surface area contributed by atoms with Crippen LogP contribution in [-0.4, -0.2) is 112 Å². The van der Waals surface area contributed by atoms with Crippen molar-refractivity contribution in [3.8, 4) is 0 Å². The first-order valence-electron chi connectivity index (χ1n) is 17.8. The maximum atomic E-state index is 16.1. The molecule has 19 nitrogen and oxygen atoms in total. The van der Waals surface area contributed by atoms with Gasteiger partial charge in [0, 0.05) is 17.0 Å². The number of ether oxygens (including phenoxy) is 2. The van der Waals surface area contributed by atoms with Crippen molar-refractivity contribution < 1.29 is 46.3 Å². The number of amides is 2. The molecule has 2 unspecified atom stereocenters. The highest BCUT2D eigenvalue weighted by Crippen LogP contribution is 2.39. The molecular formula is C36H35FN10O9S. The first kappa shape index (κ1) is 38.1. The van der Waals surface area contributed by atoms with Gasteiger partial charge < -0.3 is 30.3 Å². The van der Waals surface area contributed by atoms with Crippen molar-refractivity contribution in [1.29, 1.82) is 0 Å². The minimum absolute atomic E-state index is 0.0531. The van der Waals surface area contributed by atoms with Gasteiger partial charge in [0.25, 0.3) is 21.9 Å². The van der Waals surface area contributed by atoms with Gasteiger partial charge in [-0.25, -0.2) is 34.3 Å². The van der Waals surface area contributed by atoms with Crippen molar-refractivity contribution in [3.05, 3.63) is 97.1 Å². The van der Waals surface area contributed by atoms with Crippen LogP contribution in [0.15, 0.2) is 86.0 Å². The summed E-state index contributed by atoms with van der Waals surface area (Å²) >= 11 is 0. The molecule has 4 aromatic heterocycles. The third kappa shape index (κ3) is 7.43. The topological polar surface area (TPSA) is 248 Å². The van der Waals surface area contributed by atoms with Crippen LogP contribution in [-0.2, 0) is 23.8 Å². The first-order valence-corrected chi connectivity index (χ1v) is 19.3. The third-order valence-corrected chi connectivity index (χ3v) is 11.1. The summed E-state index contributed by atoms with van der Waals surface area (Å²) in [6, 6.07) is 16.9. The van der Waals surface area contributed by atoms with Gasteiger partial charge in [-0.2, -0.15) is 8.42 Å². The zero-order chi connectivity index (χ0) is 39.8. The predicted molar refractivity (Wildman–Crippen MR) is 198 cm³/mol. The number of imidazole rings is 2. The van der Waals surface area contributed by atoms with E-state index in [1.165, 1.54) is 28.1 Å². The number of rotatable bonds is 12. The fourth-order valence-corrected chi connectivity index (χ4v) is 8.07. The number of fused-ring (bicyclic) bond motifs is 2. The quantitative estimate of drug-likeness (QED) is 0.130. The van der Waals surface area contributed by atoms with Crippen LogP contribution in [0, 0.1) is 5.92 Å². The Kier molecular flexibility index (Phi) is 10.4. The second kappa shape index (κ2) is 15.6. The van der Waals surface area contributed by atoms with E-state index in [-0.39, 0.29) is 40.4 Å². The monoisotopic (exact) mass is 802 g/mol. The van der Waals surface area contributed by atoms with Crippen LogP contribution < -0.4 is 10.6 Å². The number of aromatic nitrogens is 8. The van der Waals surface area contributed by atoms with Crippen LogP contribution >= 0.6 is 0 Å². The molecule has 6 heterocycles. The van der Waals surface area contributed by atoms with Gasteiger partial charge in [-0.15, -0.1) is 0 Å². The number of nitrogens with zero attached hydrogens (tertiary/aromatic N) is 8. The molecular weight excluding hydrogens is 768 g/mol. The summed E-state index contributed by atoms with van der Waals surface area (Å²) in [5, 5.41) is 26.6. The lowest BCUT2D eigenvalue weighted by Gasteiger charge is -2.19. The number of carbonyl (C=O) groups excluding carboxylic acids is 2. The molecule has 4 N–H and O–H groups in total. The van der Waals surface area contributed by atoms with Crippen molar-refractivity contribution in [2.45, 2.75) is 56.4 Å². The molecule has 2 aromatic carbocycles. The molecule has 0 bridgehead atoms. The lowest BCUT2D eigenvalue weighted by molar-refractivity contribution is -0.0432. The predicted octanol–water partition coefficient (Wildman–Crippen LogP) is 2.40. The Labute approximate surface area is 323 Å². The maximum absolute atomic E-state index is 16.1.